The van der Waals surface area contributed by atoms with Crippen molar-refractivity contribution in [2.24, 2.45) is 0 Å². The second-order valence-corrected chi connectivity index (χ2v) is 6.96. The summed E-state index contributed by atoms with van der Waals surface area (Å²) in [5.41, 5.74) is 3.78. The lowest BCUT2D eigenvalue weighted by molar-refractivity contribution is -0.121. The highest BCUT2D eigenvalue weighted by Crippen LogP contribution is 2.18. The van der Waals surface area contributed by atoms with Crippen LogP contribution in [0.5, 0.6) is 0 Å². The quantitative estimate of drug-likeness (QED) is 0.806. The second kappa shape index (κ2) is 8.35. The average molecular weight is 347 g/mol. The SMILES string of the molecule is CSC(CO)C(C)NC(=O)Cc1c(C)nn(-c2ccccc2)c1C. The monoisotopic (exact) mass is 347 g/mol. The van der Waals surface area contributed by atoms with Crippen molar-refractivity contribution in [1.82, 2.24) is 15.1 Å². The van der Waals surface area contributed by atoms with E-state index in [-0.39, 0.29) is 23.8 Å². The average Bonchev–Trinajstić information content (AvgIpc) is 2.85. The number of hydrogen-bond donors (Lipinski definition) is 2. The Bertz CT molecular complexity index is 681. The molecule has 0 radical (unpaired) electrons. The maximum atomic E-state index is 12.4. The first-order valence-corrected chi connectivity index (χ1v) is 9.30. The van der Waals surface area contributed by atoms with E-state index in [0.29, 0.717) is 6.42 Å². The molecule has 2 aromatic rings. The van der Waals surface area contributed by atoms with E-state index in [1.54, 1.807) is 11.8 Å². The van der Waals surface area contributed by atoms with Crippen molar-refractivity contribution in [2.45, 2.75) is 38.5 Å². The highest BCUT2D eigenvalue weighted by atomic mass is 32.2. The number of aromatic nitrogens is 2. The van der Waals surface area contributed by atoms with E-state index < -0.39 is 0 Å². The predicted octanol–water partition coefficient (Wildman–Crippen LogP) is 2.26. The van der Waals surface area contributed by atoms with Gasteiger partial charge in [-0.25, -0.2) is 4.68 Å². The zero-order valence-electron chi connectivity index (χ0n) is 14.6. The van der Waals surface area contributed by atoms with Crippen molar-refractivity contribution in [3.05, 3.63) is 47.3 Å². The molecular weight excluding hydrogens is 322 g/mol. The third kappa shape index (κ3) is 4.19. The van der Waals surface area contributed by atoms with Gasteiger partial charge in [0.25, 0.3) is 0 Å². The van der Waals surface area contributed by atoms with Crippen LogP contribution in [0.15, 0.2) is 30.3 Å². The van der Waals surface area contributed by atoms with Gasteiger partial charge in [-0.05, 0) is 39.2 Å². The predicted molar refractivity (Wildman–Crippen MR) is 98.7 cm³/mol. The number of aryl methyl sites for hydroxylation is 1. The standard InChI is InChI=1S/C18H25N3O2S/c1-12-16(10-18(23)19-13(2)17(11-22)24-4)14(3)21(20-12)15-8-6-5-7-9-15/h5-9,13,17,22H,10-11H2,1-4H3,(H,19,23). The van der Waals surface area contributed by atoms with E-state index in [2.05, 4.69) is 10.4 Å². The van der Waals surface area contributed by atoms with Crippen LogP contribution in [-0.4, -0.2) is 44.9 Å². The first kappa shape index (κ1) is 18.5. The smallest absolute Gasteiger partial charge is 0.224 e. The van der Waals surface area contributed by atoms with E-state index >= 15 is 0 Å². The number of hydrogen-bond acceptors (Lipinski definition) is 4. The summed E-state index contributed by atoms with van der Waals surface area (Å²) in [6, 6.07) is 9.82. The van der Waals surface area contributed by atoms with Crippen LogP contribution >= 0.6 is 11.8 Å². The molecule has 1 aromatic heterocycles. The van der Waals surface area contributed by atoms with E-state index in [1.165, 1.54) is 0 Å². The molecule has 0 bridgehead atoms. The summed E-state index contributed by atoms with van der Waals surface area (Å²) in [6.07, 6.45) is 2.23. The van der Waals surface area contributed by atoms with Crippen LogP contribution in [0.4, 0.5) is 0 Å². The lowest BCUT2D eigenvalue weighted by Gasteiger charge is -2.21. The Morgan fingerprint density at radius 2 is 2.00 bits per heavy atom. The largest absolute Gasteiger partial charge is 0.395 e. The molecule has 0 aliphatic carbocycles. The highest BCUT2D eigenvalue weighted by Gasteiger charge is 2.20. The third-order valence-corrected chi connectivity index (χ3v) is 5.37. The number of thioether (sulfide) groups is 1. The Morgan fingerprint density at radius 3 is 2.58 bits per heavy atom. The summed E-state index contributed by atoms with van der Waals surface area (Å²) in [6.45, 7) is 5.88. The van der Waals surface area contributed by atoms with Gasteiger partial charge in [0.2, 0.25) is 5.91 Å². The van der Waals surface area contributed by atoms with Gasteiger partial charge in [0.1, 0.15) is 0 Å². The number of aliphatic hydroxyl groups is 1. The number of nitrogens with one attached hydrogen (secondary N) is 1. The van der Waals surface area contributed by atoms with Gasteiger partial charge in [0, 0.05) is 22.5 Å². The molecule has 6 heteroatoms. The molecule has 2 N–H and O–H groups in total. The first-order valence-electron chi connectivity index (χ1n) is 8.01. The van der Waals surface area contributed by atoms with Crippen molar-refractivity contribution < 1.29 is 9.90 Å². The van der Waals surface area contributed by atoms with Gasteiger partial charge in [-0.2, -0.15) is 16.9 Å². The number of benzene rings is 1. The fraction of sp³-hybridized carbons (Fsp3) is 0.444. The zero-order valence-corrected chi connectivity index (χ0v) is 15.4. The van der Waals surface area contributed by atoms with Crippen molar-refractivity contribution in [1.29, 1.82) is 0 Å². The van der Waals surface area contributed by atoms with Crippen LogP contribution in [0.3, 0.4) is 0 Å². The molecule has 2 rings (SSSR count). The highest BCUT2D eigenvalue weighted by molar-refractivity contribution is 7.99. The van der Waals surface area contributed by atoms with Gasteiger partial charge >= 0.3 is 0 Å². The van der Waals surface area contributed by atoms with Crippen LogP contribution in [0.2, 0.25) is 0 Å². The Balaban J connectivity index is 2.13. The fourth-order valence-corrected chi connectivity index (χ4v) is 3.37. The topological polar surface area (TPSA) is 67.2 Å². The normalized spacial score (nSPS) is 13.5. The molecule has 130 valence electrons. The van der Waals surface area contributed by atoms with Crippen LogP contribution in [0.25, 0.3) is 5.69 Å². The maximum Gasteiger partial charge on any atom is 0.224 e. The first-order chi connectivity index (χ1) is 11.5. The van der Waals surface area contributed by atoms with Crippen molar-refractivity contribution in [2.75, 3.05) is 12.9 Å². The molecule has 2 atom stereocenters. The number of para-hydroxylation sites is 1. The third-order valence-electron chi connectivity index (χ3n) is 4.21. The van der Waals surface area contributed by atoms with E-state index in [0.717, 1.165) is 22.6 Å². The Morgan fingerprint density at radius 1 is 1.33 bits per heavy atom. The maximum absolute atomic E-state index is 12.4. The Hall–Kier alpha value is -1.79. The molecule has 0 saturated carbocycles. The van der Waals surface area contributed by atoms with Crippen LogP contribution in [-0.2, 0) is 11.2 Å². The van der Waals surface area contributed by atoms with Crippen LogP contribution < -0.4 is 5.32 Å². The summed E-state index contributed by atoms with van der Waals surface area (Å²) in [4.78, 5) is 12.4. The summed E-state index contributed by atoms with van der Waals surface area (Å²) in [7, 11) is 0. The number of amides is 1. The van der Waals surface area contributed by atoms with Gasteiger partial charge < -0.3 is 10.4 Å². The number of carbonyl (C=O) groups excluding carboxylic acids is 1. The fourth-order valence-electron chi connectivity index (χ4n) is 2.75. The number of carbonyl (C=O) groups is 1. The van der Waals surface area contributed by atoms with Crippen LogP contribution in [0.1, 0.15) is 23.9 Å². The van der Waals surface area contributed by atoms with Crippen LogP contribution in [0, 0.1) is 13.8 Å². The minimum atomic E-state index is -0.0812. The van der Waals surface area contributed by atoms with Gasteiger partial charge in [0.05, 0.1) is 24.4 Å². The summed E-state index contributed by atoms with van der Waals surface area (Å²) in [5, 5.41) is 16.9. The van der Waals surface area contributed by atoms with Gasteiger partial charge in [-0.3, -0.25) is 4.79 Å². The molecule has 24 heavy (non-hydrogen) atoms. The van der Waals surface area contributed by atoms with E-state index in [4.69, 9.17) is 0 Å². The molecule has 0 aliphatic rings. The number of nitrogens with zero attached hydrogens (tertiary/aromatic N) is 2. The second-order valence-electron chi connectivity index (χ2n) is 5.89. The molecule has 1 amide bonds. The molecule has 5 nitrogen and oxygen atoms in total. The van der Waals surface area contributed by atoms with E-state index in [9.17, 15) is 9.90 Å². The lowest BCUT2D eigenvalue weighted by atomic mass is 10.1. The lowest BCUT2D eigenvalue weighted by Crippen LogP contribution is -2.42. The number of aliphatic hydroxyl groups excluding tert-OH is 1. The summed E-state index contributed by atoms with van der Waals surface area (Å²) >= 11 is 1.55. The molecule has 0 aliphatic heterocycles. The minimum absolute atomic E-state index is 0.00295. The summed E-state index contributed by atoms with van der Waals surface area (Å²) in [5.74, 6) is -0.0474. The Labute approximate surface area is 147 Å². The van der Waals surface area contributed by atoms with Crippen molar-refractivity contribution >= 4 is 17.7 Å². The molecule has 1 aromatic carbocycles. The molecule has 0 saturated heterocycles. The molecule has 2 unspecified atom stereocenters. The minimum Gasteiger partial charge on any atom is -0.395 e. The van der Waals surface area contributed by atoms with Gasteiger partial charge in [-0.15, -0.1) is 0 Å². The van der Waals surface area contributed by atoms with Gasteiger partial charge in [-0.1, -0.05) is 18.2 Å². The van der Waals surface area contributed by atoms with Gasteiger partial charge in [0.15, 0.2) is 0 Å². The molecule has 0 fully saturated rings. The Kier molecular flexibility index (Phi) is 6.45. The molecule has 1 heterocycles. The molecule has 0 spiro atoms. The van der Waals surface area contributed by atoms with E-state index in [1.807, 2.05) is 62.0 Å². The summed E-state index contributed by atoms with van der Waals surface area (Å²) < 4.78 is 1.87. The van der Waals surface area contributed by atoms with Crippen molar-refractivity contribution in [3.63, 3.8) is 0 Å². The van der Waals surface area contributed by atoms with Crippen molar-refractivity contribution in [3.8, 4) is 5.69 Å². The number of rotatable bonds is 7. The zero-order chi connectivity index (χ0) is 17.7. The molecular formula is C18H25N3O2S.